The van der Waals surface area contributed by atoms with Crippen molar-refractivity contribution in [1.29, 1.82) is 0 Å². The number of carbonyl (C=O) groups excluding carboxylic acids is 2. The number of rotatable bonds is 6. The first-order valence-corrected chi connectivity index (χ1v) is 10.3. The van der Waals surface area contributed by atoms with Gasteiger partial charge in [0.25, 0.3) is 0 Å². The molecule has 13 heteroatoms. The highest BCUT2D eigenvalue weighted by atomic mass is 32.1. The van der Waals surface area contributed by atoms with Crippen LogP contribution < -0.4 is 10.6 Å². The molecule has 2 N–H and O–H groups in total. The van der Waals surface area contributed by atoms with Gasteiger partial charge in [0, 0.05) is 35.7 Å². The number of hydrogen-bond donors (Lipinski definition) is 2. The molecule has 0 fully saturated rings. The highest BCUT2D eigenvalue weighted by molar-refractivity contribution is 7.15. The van der Waals surface area contributed by atoms with Gasteiger partial charge in [-0.15, -0.1) is 16.4 Å². The van der Waals surface area contributed by atoms with Gasteiger partial charge in [-0.2, -0.15) is 9.37 Å². The predicted molar refractivity (Wildman–Crippen MR) is 115 cm³/mol. The number of thiazole rings is 1. The molecule has 0 saturated heterocycles. The molecule has 10 nitrogen and oxygen atoms in total. The van der Waals surface area contributed by atoms with Crippen molar-refractivity contribution in [3.63, 3.8) is 0 Å². The first kappa shape index (κ1) is 22.0. The van der Waals surface area contributed by atoms with E-state index < -0.39 is 34.1 Å². The number of benzene rings is 2. The maximum absolute atomic E-state index is 13.5. The van der Waals surface area contributed by atoms with E-state index in [0.29, 0.717) is 22.8 Å². The standard InChI is InChI=1S/C20H14F2N6O4S/c21-12-3-1-2-11(8-12)17-25-20-27(26-17)14(10-33-20)6-7-23-18(29)19(30)24-13-4-5-15(22)16(9-13)28(31)32/h1-5,8-10H,6-7H2,(H,23,29)(H,24,30). The predicted octanol–water partition coefficient (Wildman–Crippen LogP) is 2.94. The highest BCUT2D eigenvalue weighted by Gasteiger charge is 2.18. The molecular weight excluding hydrogens is 458 g/mol. The normalized spacial score (nSPS) is 10.8. The third-order valence-corrected chi connectivity index (χ3v) is 5.37. The van der Waals surface area contributed by atoms with Gasteiger partial charge in [-0.1, -0.05) is 12.1 Å². The molecule has 0 aliphatic carbocycles. The van der Waals surface area contributed by atoms with Crippen LogP contribution in [0.1, 0.15) is 5.69 Å². The lowest BCUT2D eigenvalue weighted by atomic mass is 10.2. The lowest BCUT2D eigenvalue weighted by Crippen LogP contribution is -2.36. The van der Waals surface area contributed by atoms with Crippen molar-refractivity contribution in [3.05, 3.63) is 75.3 Å². The second-order valence-electron chi connectivity index (χ2n) is 6.75. The van der Waals surface area contributed by atoms with Crippen LogP contribution in [0.25, 0.3) is 16.3 Å². The molecule has 0 atom stereocenters. The lowest BCUT2D eigenvalue weighted by molar-refractivity contribution is -0.387. The Morgan fingerprint density at radius 3 is 2.73 bits per heavy atom. The lowest BCUT2D eigenvalue weighted by Gasteiger charge is -2.06. The van der Waals surface area contributed by atoms with Crippen molar-refractivity contribution >= 4 is 39.5 Å². The van der Waals surface area contributed by atoms with E-state index >= 15 is 0 Å². The summed E-state index contributed by atoms with van der Waals surface area (Å²) in [5, 5.41) is 21.6. The summed E-state index contributed by atoms with van der Waals surface area (Å²) in [5.41, 5.74) is 0.346. The maximum Gasteiger partial charge on any atom is 0.313 e. The first-order valence-electron chi connectivity index (χ1n) is 9.44. The summed E-state index contributed by atoms with van der Waals surface area (Å²) < 4.78 is 28.4. The second-order valence-corrected chi connectivity index (χ2v) is 7.59. The Balaban J connectivity index is 1.36. The van der Waals surface area contributed by atoms with Gasteiger partial charge in [-0.05, 0) is 24.3 Å². The first-order chi connectivity index (χ1) is 15.8. The van der Waals surface area contributed by atoms with Gasteiger partial charge in [0.15, 0.2) is 5.82 Å². The molecule has 4 rings (SSSR count). The number of aromatic nitrogens is 3. The molecule has 2 aromatic carbocycles. The minimum Gasteiger partial charge on any atom is -0.347 e. The molecule has 2 heterocycles. The minimum atomic E-state index is -1.06. The zero-order valence-electron chi connectivity index (χ0n) is 16.6. The van der Waals surface area contributed by atoms with Crippen molar-refractivity contribution in [2.75, 3.05) is 11.9 Å². The summed E-state index contributed by atoms with van der Waals surface area (Å²) in [6.07, 6.45) is 0.326. The second kappa shape index (κ2) is 9.08. The van der Waals surface area contributed by atoms with E-state index in [9.17, 15) is 28.5 Å². The quantitative estimate of drug-likeness (QED) is 0.252. The van der Waals surface area contributed by atoms with Gasteiger partial charge < -0.3 is 10.6 Å². The zero-order valence-corrected chi connectivity index (χ0v) is 17.4. The Kier molecular flexibility index (Phi) is 6.04. The number of fused-ring (bicyclic) bond motifs is 1. The average molecular weight is 472 g/mol. The molecule has 0 unspecified atom stereocenters. The number of nitro benzene ring substituents is 1. The molecule has 0 aliphatic heterocycles. The van der Waals surface area contributed by atoms with E-state index in [-0.39, 0.29) is 12.2 Å². The van der Waals surface area contributed by atoms with Crippen molar-refractivity contribution in [2.24, 2.45) is 0 Å². The maximum atomic E-state index is 13.5. The van der Waals surface area contributed by atoms with Gasteiger partial charge in [0.05, 0.1) is 10.6 Å². The summed E-state index contributed by atoms with van der Waals surface area (Å²) in [6, 6.07) is 8.66. The Hall–Kier alpha value is -4.26. The van der Waals surface area contributed by atoms with Crippen molar-refractivity contribution in [1.82, 2.24) is 19.9 Å². The number of nitro groups is 1. The summed E-state index contributed by atoms with van der Waals surface area (Å²) in [5.74, 6) is -3.12. The molecule has 168 valence electrons. The third kappa shape index (κ3) is 4.82. The Bertz CT molecular complexity index is 1390. The molecule has 0 saturated carbocycles. The monoisotopic (exact) mass is 472 g/mol. The van der Waals surface area contributed by atoms with E-state index in [1.807, 2.05) is 0 Å². The fraction of sp³-hybridized carbons (Fsp3) is 0.100. The minimum absolute atomic E-state index is 0.0877. The number of anilines is 1. The average Bonchev–Trinajstić information content (AvgIpc) is 3.36. The molecule has 0 spiro atoms. The summed E-state index contributed by atoms with van der Waals surface area (Å²) in [7, 11) is 0. The summed E-state index contributed by atoms with van der Waals surface area (Å²) >= 11 is 1.32. The third-order valence-electron chi connectivity index (χ3n) is 4.51. The molecule has 0 aliphatic rings. The SMILES string of the molecule is O=C(NCCc1csc2nc(-c3cccc(F)c3)nn12)C(=O)Nc1ccc(F)c([N+](=O)[O-])c1. The van der Waals surface area contributed by atoms with Crippen LogP contribution in [0.5, 0.6) is 0 Å². The Morgan fingerprint density at radius 2 is 1.97 bits per heavy atom. The van der Waals surface area contributed by atoms with Gasteiger partial charge in [0.2, 0.25) is 10.8 Å². The number of amides is 2. The number of carbonyl (C=O) groups is 2. The summed E-state index contributed by atoms with van der Waals surface area (Å²) in [4.78, 5) is 38.9. The van der Waals surface area contributed by atoms with Gasteiger partial charge in [0.1, 0.15) is 5.82 Å². The molecule has 33 heavy (non-hydrogen) atoms. The Labute approximate surface area is 188 Å². The van der Waals surface area contributed by atoms with Crippen LogP contribution in [0.15, 0.2) is 47.8 Å². The zero-order chi connectivity index (χ0) is 23.5. The summed E-state index contributed by atoms with van der Waals surface area (Å²) in [6.45, 7) is 0.0941. The van der Waals surface area contributed by atoms with Crippen molar-refractivity contribution in [3.8, 4) is 11.4 Å². The molecule has 0 bridgehead atoms. The number of halogens is 2. The smallest absolute Gasteiger partial charge is 0.313 e. The van der Waals surface area contributed by atoms with Gasteiger partial charge in [-0.3, -0.25) is 19.7 Å². The van der Waals surface area contributed by atoms with Crippen molar-refractivity contribution in [2.45, 2.75) is 6.42 Å². The van der Waals surface area contributed by atoms with Crippen LogP contribution in [-0.2, 0) is 16.0 Å². The van der Waals surface area contributed by atoms with E-state index in [0.717, 1.165) is 23.9 Å². The molecular formula is C20H14F2N6O4S. The molecule has 2 aromatic heterocycles. The van der Waals surface area contributed by atoms with E-state index in [2.05, 4.69) is 20.7 Å². The van der Waals surface area contributed by atoms with Crippen molar-refractivity contribution < 1.29 is 23.3 Å². The number of nitrogens with zero attached hydrogens (tertiary/aromatic N) is 4. The van der Waals surface area contributed by atoms with E-state index in [1.165, 1.54) is 23.5 Å². The fourth-order valence-electron chi connectivity index (χ4n) is 2.95. The largest absolute Gasteiger partial charge is 0.347 e. The van der Waals surface area contributed by atoms with Crippen LogP contribution in [0.3, 0.4) is 0 Å². The van der Waals surface area contributed by atoms with E-state index in [1.54, 1.807) is 22.0 Å². The van der Waals surface area contributed by atoms with Gasteiger partial charge in [-0.25, -0.2) is 8.91 Å². The van der Waals surface area contributed by atoms with Crippen LogP contribution in [0, 0.1) is 21.7 Å². The van der Waals surface area contributed by atoms with Crippen LogP contribution in [-0.4, -0.2) is 37.9 Å². The molecule has 2 amide bonds. The Morgan fingerprint density at radius 1 is 1.15 bits per heavy atom. The highest BCUT2D eigenvalue weighted by Crippen LogP contribution is 2.22. The molecule has 4 aromatic rings. The van der Waals surface area contributed by atoms with Crippen LogP contribution in [0.2, 0.25) is 0 Å². The van der Waals surface area contributed by atoms with Gasteiger partial charge >= 0.3 is 17.5 Å². The fourth-order valence-corrected chi connectivity index (χ4v) is 3.81. The molecule has 0 radical (unpaired) electrons. The number of nitrogens with one attached hydrogen (secondary N) is 2. The number of hydrogen-bond acceptors (Lipinski definition) is 7. The van der Waals surface area contributed by atoms with Crippen LogP contribution >= 0.6 is 11.3 Å². The topological polar surface area (TPSA) is 132 Å². The van der Waals surface area contributed by atoms with Crippen LogP contribution in [0.4, 0.5) is 20.2 Å². The van der Waals surface area contributed by atoms with E-state index in [4.69, 9.17) is 0 Å².